The molecule has 76 heavy (non-hydrogen) atoms. The van der Waals surface area contributed by atoms with Crippen LogP contribution in [0.3, 0.4) is 0 Å². The van der Waals surface area contributed by atoms with Gasteiger partial charge in [-0.25, -0.2) is 4.79 Å². The average molecular weight is 1020 g/mol. The van der Waals surface area contributed by atoms with Crippen LogP contribution in [0.1, 0.15) is 67.8 Å². The highest BCUT2D eigenvalue weighted by atomic mass is 16.5. The summed E-state index contributed by atoms with van der Waals surface area (Å²) in [5, 5.41) is 10.9. The summed E-state index contributed by atoms with van der Waals surface area (Å²) in [6, 6.07) is 52.2. The zero-order chi connectivity index (χ0) is 53.5. The van der Waals surface area contributed by atoms with E-state index in [1.165, 1.54) is 36.4 Å². The van der Waals surface area contributed by atoms with E-state index in [0.29, 0.717) is 17.9 Å². The molecule has 6 N–H and O–H groups in total. The van der Waals surface area contributed by atoms with Crippen molar-refractivity contribution in [2.45, 2.75) is 70.2 Å². The largest absolute Gasteiger partial charge is 0.489 e. The fraction of sp³-hybridized carbons (Fsp3) is 0.183. The molecule has 7 rings (SSSR count). The van der Waals surface area contributed by atoms with Gasteiger partial charge in [-0.1, -0.05) is 146 Å². The van der Waals surface area contributed by atoms with Crippen LogP contribution in [-0.4, -0.2) is 59.7 Å². The van der Waals surface area contributed by atoms with Crippen LogP contribution in [0.25, 0.3) is 0 Å². The maximum Gasteiger partial charge on any atom is 0.328 e. The fourth-order valence-corrected chi connectivity index (χ4v) is 7.55. The van der Waals surface area contributed by atoms with Gasteiger partial charge in [0.1, 0.15) is 44.3 Å². The van der Waals surface area contributed by atoms with Crippen LogP contribution in [-0.2, 0) is 71.0 Å². The Bertz CT molecular complexity index is 3050. The third-order valence-corrected chi connectivity index (χ3v) is 11.7. The van der Waals surface area contributed by atoms with E-state index in [1.54, 1.807) is 72.8 Å². The molecule has 16 nitrogen and oxygen atoms in total. The van der Waals surface area contributed by atoms with Crippen molar-refractivity contribution in [2.75, 3.05) is 10.6 Å². The molecule has 0 aliphatic heterocycles. The quantitative estimate of drug-likeness (QED) is 0.0271. The molecule has 0 fully saturated rings. The number of amides is 4. The Labute approximate surface area is 439 Å². The Kier molecular flexibility index (Phi) is 20.1. The Balaban J connectivity index is 1.02. The number of anilines is 2. The lowest BCUT2D eigenvalue weighted by atomic mass is 10.0. The number of benzene rings is 7. The topological polar surface area (TPSA) is 231 Å². The van der Waals surface area contributed by atoms with Crippen molar-refractivity contribution in [2.24, 2.45) is 5.73 Å². The number of nitrogens with one attached hydrogen (secondary N) is 4. The van der Waals surface area contributed by atoms with Gasteiger partial charge in [-0.15, -0.1) is 0 Å². The number of hydrogen-bond donors (Lipinski definition) is 5. The number of hydrogen-bond acceptors (Lipinski definition) is 12. The second-order valence-electron chi connectivity index (χ2n) is 17.5. The van der Waals surface area contributed by atoms with E-state index in [-0.39, 0.29) is 68.0 Å². The zero-order valence-electron chi connectivity index (χ0n) is 41.4. The van der Waals surface area contributed by atoms with Crippen molar-refractivity contribution in [1.82, 2.24) is 10.6 Å². The first kappa shape index (κ1) is 54.4. The van der Waals surface area contributed by atoms with Gasteiger partial charge in [0.15, 0.2) is 0 Å². The van der Waals surface area contributed by atoms with Crippen LogP contribution in [0.2, 0.25) is 0 Å². The van der Waals surface area contributed by atoms with Crippen molar-refractivity contribution in [3.05, 3.63) is 233 Å². The molecule has 0 saturated heterocycles. The normalized spacial score (nSPS) is 11.9. The average Bonchev–Trinajstić information content (AvgIpc) is 3.45. The van der Waals surface area contributed by atoms with Gasteiger partial charge in [-0.3, -0.25) is 28.8 Å². The highest BCUT2D eigenvalue weighted by Gasteiger charge is 2.27. The van der Waals surface area contributed by atoms with Crippen LogP contribution < -0.4 is 31.7 Å². The van der Waals surface area contributed by atoms with Crippen LogP contribution in [0.15, 0.2) is 194 Å². The Morgan fingerprint density at radius 1 is 0.434 bits per heavy atom. The van der Waals surface area contributed by atoms with Crippen LogP contribution in [0.5, 0.6) is 5.75 Å². The molecule has 7 aromatic carbocycles. The van der Waals surface area contributed by atoms with Gasteiger partial charge in [0.2, 0.25) is 11.8 Å². The lowest BCUT2D eigenvalue weighted by molar-refractivity contribution is -0.149. The Hall–Kier alpha value is -9.41. The molecule has 0 spiro atoms. The number of esters is 3. The van der Waals surface area contributed by atoms with E-state index >= 15 is 0 Å². The Morgan fingerprint density at radius 3 is 1.39 bits per heavy atom. The van der Waals surface area contributed by atoms with Gasteiger partial charge in [0, 0.05) is 35.3 Å². The first-order chi connectivity index (χ1) is 36.9. The number of ether oxygens (including phenoxy) is 4. The van der Waals surface area contributed by atoms with Gasteiger partial charge < -0.3 is 45.9 Å². The second kappa shape index (κ2) is 28.2. The highest BCUT2D eigenvalue weighted by molar-refractivity contribution is 6.04. The molecule has 0 aliphatic carbocycles. The number of rotatable bonds is 25. The molecule has 3 atom stereocenters. The van der Waals surface area contributed by atoms with E-state index in [9.17, 15) is 33.6 Å². The first-order valence-corrected chi connectivity index (χ1v) is 24.5. The summed E-state index contributed by atoms with van der Waals surface area (Å²) in [6.07, 6.45) is -0.698. The van der Waals surface area contributed by atoms with Gasteiger partial charge in [-0.2, -0.15) is 0 Å². The highest BCUT2D eigenvalue weighted by Crippen LogP contribution is 2.19. The zero-order valence-corrected chi connectivity index (χ0v) is 41.4. The first-order valence-electron chi connectivity index (χ1n) is 24.5. The summed E-state index contributed by atoms with van der Waals surface area (Å²) in [5.41, 5.74) is 10.6. The summed E-state index contributed by atoms with van der Waals surface area (Å²) in [5.74, 6) is -4.08. The summed E-state index contributed by atoms with van der Waals surface area (Å²) >= 11 is 0. The molecule has 4 amide bonds. The summed E-state index contributed by atoms with van der Waals surface area (Å²) in [4.78, 5) is 93.9. The fourth-order valence-electron chi connectivity index (χ4n) is 7.55. The molecule has 0 radical (unpaired) electrons. The number of carbonyl (C=O) groups excluding carboxylic acids is 7. The smallest absolute Gasteiger partial charge is 0.328 e. The van der Waals surface area contributed by atoms with E-state index in [1.807, 2.05) is 84.9 Å². The van der Waals surface area contributed by atoms with Gasteiger partial charge >= 0.3 is 17.9 Å². The SMILES string of the molecule is N[C@@H](CC(=O)OCc1ccccc1)C(=O)Nc1cccc(C(=O)N[C@@H](Cc2ccc(OCc3ccccc3)cc2)C(=O)Nc2cccc(C(=O)N[C@@H](CCC(=O)OCc3ccccc3)C(=O)OCc3ccccc3)c2)c1. The molecule has 0 bridgehead atoms. The molecular weight excluding hydrogens is 967 g/mol. The monoisotopic (exact) mass is 1020 g/mol. The number of nitrogens with two attached hydrogens (primary N) is 1. The van der Waals surface area contributed by atoms with E-state index < -0.39 is 59.7 Å². The Morgan fingerprint density at radius 2 is 0.882 bits per heavy atom. The minimum absolute atomic E-state index is 0.0168. The molecular formula is C60H57N5O11. The van der Waals surface area contributed by atoms with Crippen molar-refractivity contribution < 1.29 is 52.5 Å². The van der Waals surface area contributed by atoms with Crippen molar-refractivity contribution in [3.63, 3.8) is 0 Å². The minimum atomic E-state index is -1.25. The van der Waals surface area contributed by atoms with Gasteiger partial charge in [-0.05, 0) is 82.8 Å². The standard InChI is InChI=1S/C60H57N5O11/c61-51(36-55(67)75-39-44-19-9-3-10-20-44)58(70)62-48-25-13-24-47(34-48)57(69)65-53(33-41-27-29-50(30-28-41)73-37-42-15-5-1-6-16-42)59(71)63-49-26-14-23-46(35-49)56(68)64-52(60(72)76-40-45-21-11-4-12-22-45)31-32-54(66)74-38-43-17-7-2-8-18-43/h1-30,34-35,51-53H,31-33,36-40,61H2,(H,62,70)(H,63,71)(H,64,68)(H,65,69)/t51-,52-,53-/m0/s1. The number of carbonyl (C=O) groups is 7. The lowest BCUT2D eigenvalue weighted by Gasteiger charge is -2.20. The maximum atomic E-state index is 14.3. The molecule has 7 aromatic rings. The minimum Gasteiger partial charge on any atom is -0.489 e. The van der Waals surface area contributed by atoms with Gasteiger partial charge in [0.25, 0.3) is 11.8 Å². The van der Waals surface area contributed by atoms with Crippen molar-refractivity contribution >= 4 is 52.9 Å². The second-order valence-corrected chi connectivity index (χ2v) is 17.5. The molecule has 0 aromatic heterocycles. The molecule has 0 aliphatic rings. The lowest BCUT2D eigenvalue weighted by Crippen LogP contribution is -2.45. The molecule has 0 saturated carbocycles. The van der Waals surface area contributed by atoms with Crippen molar-refractivity contribution in [1.29, 1.82) is 0 Å². The molecule has 0 heterocycles. The summed E-state index contributed by atoms with van der Waals surface area (Å²) < 4.78 is 22.2. The van der Waals surface area contributed by atoms with Gasteiger partial charge in [0.05, 0.1) is 12.5 Å². The molecule has 0 unspecified atom stereocenters. The predicted octanol–water partition coefficient (Wildman–Crippen LogP) is 8.01. The van der Waals surface area contributed by atoms with E-state index in [0.717, 1.165) is 22.3 Å². The van der Waals surface area contributed by atoms with E-state index in [4.69, 9.17) is 24.7 Å². The summed E-state index contributed by atoms with van der Waals surface area (Å²) in [7, 11) is 0. The third kappa shape index (κ3) is 17.7. The molecule has 16 heteroatoms. The summed E-state index contributed by atoms with van der Waals surface area (Å²) in [6.45, 7) is 0.335. The van der Waals surface area contributed by atoms with Crippen LogP contribution >= 0.6 is 0 Å². The van der Waals surface area contributed by atoms with Crippen LogP contribution in [0.4, 0.5) is 11.4 Å². The third-order valence-electron chi connectivity index (χ3n) is 11.7. The predicted molar refractivity (Wildman–Crippen MR) is 284 cm³/mol. The van der Waals surface area contributed by atoms with E-state index in [2.05, 4.69) is 21.3 Å². The maximum absolute atomic E-state index is 14.3. The van der Waals surface area contributed by atoms with Crippen LogP contribution in [0, 0.1) is 0 Å². The van der Waals surface area contributed by atoms with Crippen molar-refractivity contribution in [3.8, 4) is 5.75 Å². The molecule has 388 valence electrons.